The van der Waals surface area contributed by atoms with Crippen molar-refractivity contribution in [1.82, 2.24) is 10.3 Å². The zero-order valence-corrected chi connectivity index (χ0v) is 18.2. The first-order valence-electron chi connectivity index (χ1n) is 11.9. The maximum Gasteiger partial charge on any atom is 0.252 e. The summed E-state index contributed by atoms with van der Waals surface area (Å²) in [6.45, 7) is 2.26. The molecule has 31 heavy (non-hydrogen) atoms. The van der Waals surface area contributed by atoms with E-state index in [0.717, 1.165) is 45.5 Å². The summed E-state index contributed by atoms with van der Waals surface area (Å²) in [6.07, 6.45) is 8.17. The van der Waals surface area contributed by atoms with E-state index in [1.165, 1.54) is 38.5 Å². The molecule has 2 aromatic carbocycles. The minimum absolute atomic E-state index is 0.0408. The van der Waals surface area contributed by atoms with Crippen molar-refractivity contribution in [3.05, 3.63) is 66.2 Å². The second kappa shape index (κ2) is 7.19. The lowest BCUT2D eigenvalue weighted by Gasteiger charge is -2.59. The van der Waals surface area contributed by atoms with Crippen LogP contribution >= 0.6 is 0 Å². The summed E-state index contributed by atoms with van der Waals surface area (Å²) in [7, 11) is 0. The molecular weight excluding hydrogens is 380 g/mol. The van der Waals surface area contributed by atoms with E-state index in [0.29, 0.717) is 5.41 Å². The second-order valence-electron chi connectivity index (χ2n) is 10.4. The monoisotopic (exact) mass is 410 g/mol. The van der Waals surface area contributed by atoms with Crippen molar-refractivity contribution < 1.29 is 4.79 Å². The van der Waals surface area contributed by atoms with Gasteiger partial charge < -0.3 is 5.32 Å². The molecule has 0 saturated heterocycles. The number of hydrogen-bond acceptors (Lipinski definition) is 2. The Morgan fingerprint density at radius 3 is 2.23 bits per heavy atom. The van der Waals surface area contributed by atoms with Gasteiger partial charge in [0.2, 0.25) is 0 Å². The molecule has 4 aliphatic carbocycles. The number of nitrogens with zero attached hydrogens (tertiary/aromatic N) is 1. The molecule has 4 bridgehead atoms. The fourth-order valence-electron chi connectivity index (χ4n) is 7.26. The number of rotatable bonds is 4. The average Bonchev–Trinajstić information content (AvgIpc) is 2.78. The highest BCUT2D eigenvalue weighted by Gasteiger charge is 2.53. The third-order valence-electron chi connectivity index (χ3n) is 8.38. The van der Waals surface area contributed by atoms with Crippen LogP contribution in [0.5, 0.6) is 0 Å². The summed E-state index contributed by atoms with van der Waals surface area (Å²) >= 11 is 0. The third-order valence-corrected chi connectivity index (χ3v) is 8.38. The highest BCUT2D eigenvalue weighted by molar-refractivity contribution is 6.07. The van der Waals surface area contributed by atoms with Gasteiger partial charge in [0.05, 0.1) is 16.8 Å². The number of carbonyl (C=O) groups is 1. The standard InChI is InChI=1S/C28H30N2O/c1-18(28-15-19-11-20(16-28)13-21(12-19)17-28)29-27(31)24-14-26(22-7-3-2-4-8-22)30-25-10-6-5-9-23(24)25/h2-10,14,18-21H,11-13,15-17H2,1H3,(H,29,31). The average molecular weight is 411 g/mol. The van der Waals surface area contributed by atoms with Gasteiger partial charge in [0.1, 0.15) is 0 Å². The van der Waals surface area contributed by atoms with E-state index in [2.05, 4.69) is 24.4 Å². The molecule has 3 aromatic rings. The van der Waals surface area contributed by atoms with Crippen molar-refractivity contribution in [1.29, 1.82) is 0 Å². The number of hydrogen-bond donors (Lipinski definition) is 1. The fraction of sp³-hybridized carbons (Fsp3) is 0.429. The Morgan fingerprint density at radius 1 is 0.935 bits per heavy atom. The molecule has 158 valence electrons. The highest BCUT2D eigenvalue weighted by Crippen LogP contribution is 2.61. The molecule has 7 rings (SSSR count). The van der Waals surface area contributed by atoms with Gasteiger partial charge >= 0.3 is 0 Å². The molecule has 3 heteroatoms. The van der Waals surface area contributed by atoms with E-state index in [1.54, 1.807) is 0 Å². The normalized spacial score (nSPS) is 29.8. The van der Waals surface area contributed by atoms with E-state index in [9.17, 15) is 4.79 Å². The molecule has 1 N–H and O–H groups in total. The van der Waals surface area contributed by atoms with Crippen LogP contribution < -0.4 is 5.32 Å². The second-order valence-corrected chi connectivity index (χ2v) is 10.4. The molecule has 1 atom stereocenters. The van der Waals surface area contributed by atoms with Gasteiger partial charge in [-0.25, -0.2) is 4.98 Å². The van der Waals surface area contributed by atoms with Gasteiger partial charge in [-0.2, -0.15) is 0 Å². The predicted molar refractivity (Wildman–Crippen MR) is 125 cm³/mol. The molecule has 1 unspecified atom stereocenters. The van der Waals surface area contributed by atoms with E-state index in [1.807, 2.05) is 48.5 Å². The van der Waals surface area contributed by atoms with Crippen LogP contribution in [0, 0.1) is 23.2 Å². The maximum atomic E-state index is 13.6. The molecule has 4 fully saturated rings. The third kappa shape index (κ3) is 3.26. The Morgan fingerprint density at radius 2 is 1.55 bits per heavy atom. The maximum absolute atomic E-state index is 13.6. The van der Waals surface area contributed by atoms with Gasteiger partial charge in [-0.05, 0) is 80.8 Å². The summed E-state index contributed by atoms with van der Waals surface area (Å²) in [5, 5.41) is 4.39. The Bertz CT molecular complexity index is 1100. The first kappa shape index (κ1) is 19.0. The first-order valence-corrected chi connectivity index (χ1v) is 11.9. The summed E-state index contributed by atoms with van der Waals surface area (Å²) in [5.41, 5.74) is 3.80. The molecule has 4 aliphatic rings. The molecule has 0 aliphatic heterocycles. The number of pyridine rings is 1. The van der Waals surface area contributed by atoms with Gasteiger partial charge in [0.15, 0.2) is 0 Å². The van der Waals surface area contributed by atoms with Crippen molar-refractivity contribution in [2.75, 3.05) is 0 Å². The van der Waals surface area contributed by atoms with Crippen LogP contribution in [0.3, 0.4) is 0 Å². The molecular formula is C28H30N2O. The molecule has 1 aromatic heterocycles. The molecule has 0 radical (unpaired) electrons. The summed E-state index contributed by atoms with van der Waals surface area (Å²) in [5.74, 6) is 2.70. The predicted octanol–water partition coefficient (Wildman–Crippen LogP) is 6.24. The van der Waals surface area contributed by atoms with Crippen molar-refractivity contribution in [2.45, 2.75) is 51.5 Å². The van der Waals surface area contributed by atoms with E-state index >= 15 is 0 Å². The summed E-state index contributed by atoms with van der Waals surface area (Å²) in [4.78, 5) is 18.4. The number of para-hydroxylation sites is 1. The minimum atomic E-state index is 0.0408. The topological polar surface area (TPSA) is 42.0 Å². The molecule has 4 saturated carbocycles. The van der Waals surface area contributed by atoms with Crippen LogP contribution in [0.15, 0.2) is 60.7 Å². The molecule has 0 spiro atoms. The van der Waals surface area contributed by atoms with E-state index in [-0.39, 0.29) is 11.9 Å². The Hall–Kier alpha value is -2.68. The molecule has 1 heterocycles. The van der Waals surface area contributed by atoms with Crippen molar-refractivity contribution in [2.24, 2.45) is 23.2 Å². The molecule has 1 amide bonds. The number of nitrogens with one attached hydrogen (secondary N) is 1. The van der Waals surface area contributed by atoms with Crippen molar-refractivity contribution in [3.8, 4) is 11.3 Å². The SMILES string of the molecule is CC(NC(=O)c1cc(-c2ccccc2)nc2ccccc12)C12CC3CC(CC(C3)C1)C2. The number of aromatic nitrogens is 1. The first-order chi connectivity index (χ1) is 15.1. The number of amides is 1. The minimum Gasteiger partial charge on any atom is -0.349 e. The smallest absolute Gasteiger partial charge is 0.252 e. The number of carbonyl (C=O) groups excluding carboxylic acids is 1. The van der Waals surface area contributed by atoms with Crippen LogP contribution in [0.4, 0.5) is 0 Å². The van der Waals surface area contributed by atoms with Crippen LogP contribution in [-0.4, -0.2) is 16.9 Å². The largest absolute Gasteiger partial charge is 0.349 e. The highest BCUT2D eigenvalue weighted by atomic mass is 16.1. The van der Waals surface area contributed by atoms with Gasteiger partial charge in [0.25, 0.3) is 5.91 Å². The van der Waals surface area contributed by atoms with E-state index < -0.39 is 0 Å². The Labute approximate surface area is 184 Å². The Balaban J connectivity index is 1.34. The lowest BCUT2D eigenvalue weighted by Crippen LogP contribution is -2.55. The molecule has 3 nitrogen and oxygen atoms in total. The summed E-state index contributed by atoms with van der Waals surface area (Å²) < 4.78 is 0. The van der Waals surface area contributed by atoms with Gasteiger partial charge in [-0.3, -0.25) is 4.79 Å². The number of fused-ring (bicyclic) bond motifs is 1. The quantitative estimate of drug-likeness (QED) is 0.553. The zero-order chi connectivity index (χ0) is 21.0. The van der Waals surface area contributed by atoms with Gasteiger partial charge in [-0.1, -0.05) is 48.5 Å². The lowest BCUT2D eigenvalue weighted by atomic mass is 9.48. The summed E-state index contributed by atoms with van der Waals surface area (Å²) in [6, 6.07) is 20.3. The number of benzene rings is 2. The fourth-order valence-corrected chi connectivity index (χ4v) is 7.26. The van der Waals surface area contributed by atoms with Crippen molar-refractivity contribution in [3.63, 3.8) is 0 Å². The van der Waals surface area contributed by atoms with Crippen LogP contribution in [-0.2, 0) is 0 Å². The van der Waals surface area contributed by atoms with E-state index in [4.69, 9.17) is 4.98 Å². The van der Waals surface area contributed by atoms with Gasteiger partial charge in [0, 0.05) is 17.0 Å². The van der Waals surface area contributed by atoms with Crippen LogP contribution in [0.1, 0.15) is 55.8 Å². The lowest BCUT2D eigenvalue weighted by molar-refractivity contribution is -0.0687. The van der Waals surface area contributed by atoms with Crippen LogP contribution in [0.25, 0.3) is 22.2 Å². The van der Waals surface area contributed by atoms with Gasteiger partial charge in [-0.15, -0.1) is 0 Å². The Kier molecular flexibility index (Phi) is 4.41. The van der Waals surface area contributed by atoms with Crippen LogP contribution in [0.2, 0.25) is 0 Å². The van der Waals surface area contributed by atoms with Crippen molar-refractivity contribution >= 4 is 16.8 Å². The zero-order valence-electron chi connectivity index (χ0n) is 18.2.